The maximum atomic E-state index is 10.6. The van der Waals surface area contributed by atoms with Gasteiger partial charge in [0.2, 0.25) is 0 Å². The number of carboxylic acids is 1. The van der Waals surface area contributed by atoms with Crippen LogP contribution >= 0.6 is 23.1 Å². The first kappa shape index (κ1) is 22.0. The van der Waals surface area contributed by atoms with E-state index in [-0.39, 0.29) is 13.0 Å². The SMILES string of the molecule is O=C(O)CC(O)CN=Cc1ccc2snc(Nc3cccc(-c4ccccc4)c3Cl)c2c1. The molecule has 0 fully saturated rings. The number of carbonyl (C=O) groups is 1. The molecule has 1 heterocycles. The first-order valence-electron chi connectivity index (χ1n) is 9.91. The second-order valence-electron chi connectivity index (χ2n) is 7.19. The van der Waals surface area contributed by atoms with E-state index in [4.69, 9.17) is 16.7 Å². The number of aliphatic carboxylic acids is 1. The van der Waals surface area contributed by atoms with E-state index in [1.165, 1.54) is 11.5 Å². The normalized spacial score (nSPS) is 12.3. The van der Waals surface area contributed by atoms with Gasteiger partial charge in [0.05, 0.1) is 34.5 Å². The summed E-state index contributed by atoms with van der Waals surface area (Å²) in [6.45, 7) is 0.0270. The van der Waals surface area contributed by atoms with Gasteiger partial charge in [-0.2, -0.15) is 4.37 Å². The maximum absolute atomic E-state index is 10.6. The highest BCUT2D eigenvalue weighted by Gasteiger charge is 2.12. The van der Waals surface area contributed by atoms with E-state index < -0.39 is 12.1 Å². The fourth-order valence-electron chi connectivity index (χ4n) is 3.27. The summed E-state index contributed by atoms with van der Waals surface area (Å²) >= 11 is 8.08. The molecule has 0 radical (unpaired) electrons. The quantitative estimate of drug-likeness (QED) is 0.294. The minimum atomic E-state index is -1.05. The number of anilines is 2. The number of hydrogen-bond donors (Lipinski definition) is 3. The monoisotopic (exact) mass is 465 g/mol. The van der Waals surface area contributed by atoms with Crippen molar-refractivity contribution in [2.75, 3.05) is 11.9 Å². The molecule has 0 saturated carbocycles. The third-order valence-electron chi connectivity index (χ3n) is 4.80. The molecule has 4 rings (SSSR count). The van der Waals surface area contributed by atoms with Crippen molar-refractivity contribution in [3.8, 4) is 11.1 Å². The summed E-state index contributed by atoms with van der Waals surface area (Å²) in [4.78, 5) is 14.8. The van der Waals surface area contributed by atoms with Gasteiger partial charge in [-0.15, -0.1) is 0 Å². The highest BCUT2D eigenvalue weighted by molar-refractivity contribution is 7.13. The van der Waals surface area contributed by atoms with Crippen LogP contribution < -0.4 is 5.32 Å². The number of aliphatic imine (C=N–C) groups is 1. The van der Waals surface area contributed by atoms with Crippen LogP contribution in [0, 0.1) is 0 Å². The third-order valence-corrected chi connectivity index (χ3v) is 6.03. The number of fused-ring (bicyclic) bond motifs is 1. The van der Waals surface area contributed by atoms with Gasteiger partial charge in [-0.25, -0.2) is 0 Å². The molecule has 1 atom stereocenters. The lowest BCUT2D eigenvalue weighted by Crippen LogP contribution is -2.16. The van der Waals surface area contributed by atoms with Crippen LogP contribution in [-0.4, -0.2) is 39.4 Å². The van der Waals surface area contributed by atoms with Gasteiger partial charge in [0.25, 0.3) is 0 Å². The minimum absolute atomic E-state index is 0.0270. The topological polar surface area (TPSA) is 94.8 Å². The van der Waals surface area contributed by atoms with Crippen molar-refractivity contribution in [3.05, 3.63) is 77.3 Å². The highest BCUT2D eigenvalue weighted by atomic mass is 35.5. The van der Waals surface area contributed by atoms with Gasteiger partial charge in [0.15, 0.2) is 5.82 Å². The summed E-state index contributed by atoms with van der Waals surface area (Å²) in [5, 5.41) is 23.2. The Morgan fingerprint density at radius 1 is 1.16 bits per heavy atom. The Bertz CT molecular complexity index is 1270. The standard InChI is InChI=1S/C24H20ClN3O3S/c25-23-18(16-5-2-1-3-6-16)7-4-8-20(23)27-24-19-11-15(9-10-21(19)32-28-24)13-26-14-17(29)12-22(30)31/h1-11,13,17,29H,12,14H2,(H,27,28)(H,30,31). The maximum Gasteiger partial charge on any atom is 0.306 e. The number of nitrogens with one attached hydrogen (secondary N) is 1. The number of rotatable bonds is 8. The number of aliphatic hydroxyl groups is 1. The van der Waals surface area contributed by atoms with Crippen LogP contribution in [0.4, 0.5) is 11.5 Å². The summed E-state index contributed by atoms with van der Waals surface area (Å²) in [5.74, 6) is -0.359. The molecule has 0 aliphatic heterocycles. The van der Waals surface area contributed by atoms with E-state index in [1.807, 2.05) is 66.7 Å². The number of nitrogens with zero attached hydrogens (tertiary/aromatic N) is 2. The van der Waals surface area contributed by atoms with Crippen LogP contribution in [0.1, 0.15) is 12.0 Å². The molecule has 3 aromatic carbocycles. The smallest absolute Gasteiger partial charge is 0.306 e. The van der Waals surface area contributed by atoms with Crippen molar-refractivity contribution in [2.24, 2.45) is 4.99 Å². The van der Waals surface area contributed by atoms with E-state index in [2.05, 4.69) is 14.7 Å². The molecular weight excluding hydrogens is 446 g/mol. The molecule has 162 valence electrons. The Kier molecular flexibility index (Phi) is 6.80. The third kappa shape index (κ3) is 5.13. The van der Waals surface area contributed by atoms with Crippen molar-refractivity contribution in [3.63, 3.8) is 0 Å². The molecule has 0 saturated heterocycles. The first-order valence-corrected chi connectivity index (χ1v) is 11.1. The molecule has 1 unspecified atom stereocenters. The number of benzene rings is 3. The molecule has 4 aromatic rings. The molecule has 0 spiro atoms. The molecule has 8 heteroatoms. The van der Waals surface area contributed by atoms with Crippen LogP contribution in [0.25, 0.3) is 21.2 Å². The number of halogens is 1. The molecule has 0 amide bonds. The van der Waals surface area contributed by atoms with Crippen LogP contribution in [0.15, 0.2) is 71.7 Å². The molecule has 0 aliphatic rings. The van der Waals surface area contributed by atoms with E-state index in [1.54, 1.807) is 6.21 Å². The van der Waals surface area contributed by atoms with Crippen LogP contribution in [0.3, 0.4) is 0 Å². The number of carboxylic acid groups (broad SMARTS) is 1. The molecular formula is C24H20ClN3O3S. The molecule has 0 bridgehead atoms. The number of aromatic nitrogens is 1. The zero-order valence-electron chi connectivity index (χ0n) is 16.9. The average molecular weight is 466 g/mol. The van der Waals surface area contributed by atoms with Gasteiger partial charge in [-0.05, 0) is 40.9 Å². The Morgan fingerprint density at radius 3 is 2.75 bits per heavy atom. The van der Waals surface area contributed by atoms with Crippen molar-refractivity contribution in [1.82, 2.24) is 4.37 Å². The largest absolute Gasteiger partial charge is 0.481 e. The van der Waals surface area contributed by atoms with Crippen LogP contribution in [0.2, 0.25) is 5.02 Å². The Hall–Kier alpha value is -3.26. The van der Waals surface area contributed by atoms with Crippen molar-refractivity contribution < 1.29 is 15.0 Å². The van der Waals surface area contributed by atoms with E-state index in [9.17, 15) is 9.90 Å². The first-order chi connectivity index (χ1) is 15.5. The Morgan fingerprint density at radius 2 is 1.97 bits per heavy atom. The minimum Gasteiger partial charge on any atom is -0.481 e. The molecule has 6 nitrogen and oxygen atoms in total. The Balaban J connectivity index is 1.57. The zero-order chi connectivity index (χ0) is 22.5. The van der Waals surface area contributed by atoms with Gasteiger partial charge in [0, 0.05) is 17.2 Å². The molecule has 3 N–H and O–H groups in total. The summed E-state index contributed by atoms with van der Waals surface area (Å²) < 4.78 is 5.54. The Labute approximate surface area is 194 Å². The van der Waals surface area contributed by atoms with Crippen LogP contribution in [-0.2, 0) is 4.79 Å². The van der Waals surface area contributed by atoms with Gasteiger partial charge < -0.3 is 15.5 Å². The fourth-order valence-corrected chi connectivity index (χ4v) is 4.27. The summed E-state index contributed by atoms with van der Waals surface area (Å²) in [7, 11) is 0. The highest BCUT2D eigenvalue weighted by Crippen LogP contribution is 2.37. The summed E-state index contributed by atoms with van der Waals surface area (Å²) in [6.07, 6.45) is 0.281. The summed E-state index contributed by atoms with van der Waals surface area (Å²) in [5.41, 5.74) is 3.56. The predicted molar refractivity (Wildman–Crippen MR) is 131 cm³/mol. The van der Waals surface area contributed by atoms with E-state index >= 15 is 0 Å². The summed E-state index contributed by atoms with van der Waals surface area (Å²) in [6, 6.07) is 21.6. The van der Waals surface area contributed by atoms with Crippen molar-refractivity contribution in [1.29, 1.82) is 0 Å². The van der Waals surface area contributed by atoms with Gasteiger partial charge in [0.1, 0.15) is 0 Å². The fraction of sp³-hybridized carbons (Fsp3) is 0.125. The average Bonchev–Trinajstić information content (AvgIpc) is 3.17. The number of aliphatic hydroxyl groups excluding tert-OH is 1. The number of hydrogen-bond acceptors (Lipinski definition) is 6. The van der Waals surface area contributed by atoms with Crippen molar-refractivity contribution in [2.45, 2.75) is 12.5 Å². The van der Waals surface area contributed by atoms with Crippen LogP contribution in [0.5, 0.6) is 0 Å². The zero-order valence-corrected chi connectivity index (χ0v) is 18.5. The molecule has 0 aliphatic carbocycles. The molecule has 1 aromatic heterocycles. The lowest BCUT2D eigenvalue weighted by atomic mass is 10.0. The predicted octanol–water partition coefficient (Wildman–Crippen LogP) is 5.61. The van der Waals surface area contributed by atoms with Gasteiger partial charge >= 0.3 is 5.97 Å². The van der Waals surface area contributed by atoms with Gasteiger partial charge in [-0.1, -0.05) is 60.1 Å². The van der Waals surface area contributed by atoms with Crippen molar-refractivity contribution >= 4 is 56.9 Å². The van der Waals surface area contributed by atoms with E-state index in [0.717, 1.165) is 32.5 Å². The second-order valence-corrected chi connectivity index (χ2v) is 8.37. The lowest BCUT2D eigenvalue weighted by Gasteiger charge is -2.11. The lowest BCUT2D eigenvalue weighted by molar-refractivity contribution is -0.139. The second kappa shape index (κ2) is 9.91. The molecule has 32 heavy (non-hydrogen) atoms. The van der Waals surface area contributed by atoms with E-state index in [0.29, 0.717) is 10.8 Å². The van der Waals surface area contributed by atoms with Gasteiger partial charge in [-0.3, -0.25) is 9.79 Å².